The lowest BCUT2D eigenvalue weighted by Crippen LogP contribution is -2.01. The standard InChI is InChI=1S/C20H32O/c1-2-3-4-5-6-8-12-20(15-11-18-21)17-16-19-13-9-7-10-14-19/h7,9-10,16-17,19-20H,2-6,8,11-13,15,18H2,1H3. The highest BCUT2D eigenvalue weighted by Gasteiger charge is 2.07. The van der Waals surface area contributed by atoms with Gasteiger partial charge >= 0.3 is 0 Å². The predicted octanol–water partition coefficient (Wildman–Crippen LogP) is 6.06. The molecular formula is C20H32O. The molecule has 0 aromatic rings. The molecule has 0 saturated heterocycles. The van der Waals surface area contributed by atoms with Crippen LogP contribution in [-0.4, -0.2) is 6.61 Å². The number of hydrogen-bond donors (Lipinski definition) is 0. The highest BCUT2D eigenvalue weighted by molar-refractivity contribution is 5.11. The normalized spacial score (nSPS) is 19.4. The number of allylic oxidation sites excluding steroid dienone is 6. The zero-order valence-electron chi connectivity index (χ0n) is 13.7. The summed E-state index contributed by atoms with van der Waals surface area (Å²) in [6, 6.07) is 0. The molecule has 0 N–H and O–H groups in total. The Morgan fingerprint density at radius 2 is 1.90 bits per heavy atom. The van der Waals surface area contributed by atoms with Gasteiger partial charge in [0.05, 0.1) is 6.61 Å². The van der Waals surface area contributed by atoms with Gasteiger partial charge in [0.1, 0.15) is 0 Å². The van der Waals surface area contributed by atoms with Crippen LogP contribution in [0, 0.1) is 17.9 Å². The van der Waals surface area contributed by atoms with E-state index < -0.39 is 0 Å². The third-order valence-corrected chi connectivity index (χ3v) is 4.20. The average molecular weight is 288 g/mol. The summed E-state index contributed by atoms with van der Waals surface area (Å²) in [5.41, 5.74) is 0. The molecule has 0 saturated carbocycles. The first kappa shape index (κ1) is 18.2. The molecule has 118 valence electrons. The highest BCUT2D eigenvalue weighted by atomic mass is 16.2. The van der Waals surface area contributed by atoms with E-state index >= 15 is 0 Å². The molecule has 1 nitrogen and oxygen atoms in total. The predicted molar refractivity (Wildman–Crippen MR) is 90.5 cm³/mol. The first-order valence-electron chi connectivity index (χ1n) is 8.87. The van der Waals surface area contributed by atoms with E-state index in [2.05, 4.69) is 37.3 Å². The van der Waals surface area contributed by atoms with E-state index in [0.29, 0.717) is 11.8 Å². The molecule has 0 aromatic heterocycles. The van der Waals surface area contributed by atoms with Crippen LogP contribution in [0.25, 0.3) is 0 Å². The summed E-state index contributed by atoms with van der Waals surface area (Å²) in [6.45, 7) is 2.33. The second kappa shape index (κ2) is 12.9. The lowest BCUT2D eigenvalue weighted by Gasteiger charge is -2.13. The molecule has 0 heterocycles. The summed E-state index contributed by atoms with van der Waals surface area (Å²) in [5, 5.41) is 10.7. The Morgan fingerprint density at radius 3 is 2.62 bits per heavy atom. The summed E-state index contributed by atoms with van der Waals surface area (Å²) < 4.78 is 0. The van der Waals surface area contributed by atoms with Gasteiger partial charge in [0.2, 0.25) is 0 Å². The number of hydrogen-bond acceptors (Lipinski definition) is 0. The molecule has 1 heteroatoms. The summed E-state index contributed by atoms with van der Waals surface area (Å²) in [4.78, 5) is 0. The third kappa shape index (κ3) is 9.68. The summed E-state index contributed by atoms with van der Waals surface area (Å²) in [7, 11) is 0. The van der Waals surface area contributed by atoms with Gasteiger partial charge in [-0.3, -0.25) is 0 Å². The van der Waals surface area contributed by atoms with Crippen LogP contribution in [0.1, 0.15) is 71.1 Å². The van der Waals surface area contributed by atoms with E-state index in [9.17, 15) is 5.11 Å². The minimum atomic E-state index is 0.0685. The van der Waals surface area contributed by atoms with Gasteiger partial charge in [0, 0.05) is 5.92 Å². The average Bonchev–Trinajstić information content (AvgIpc) is 2.53. The molecule has 1 aliphatic carbocycles. The molecule has 2 radical (unpaired) electrons. The SMILES string of the molecule is CCCCCCCCC(C=CC1[C]=CC=CC1)CCC[O]. The van der Waals surface area contributed by atoms with Crippen molar-refractivity contribution in [2.75, 3.05) is 6.61 Å². The molecule has 0 spiro atoms. The van der Waals surface area contributed by atoms with Gasteiger partial charge in [-0.15, -0.1) is 0 Å². The van der Waals surface area contributed by atoms with Crippen LogP contribution in [0.3, 0.4) is 0 Å². The van der Waals surface area contributed by atoms with Crippen molar-refractivity contribution in [1.29, 1.82) is 0 Å². The van der Waals surface area contributed by atoms with Crippen molar-refractivity contribution in [3.63, 3.8) is 0 Å². The Morgan fingerprint density at radius 1 is 1.14 bits per heavy atom. The zero-order chi connectivity index (χ0) is 15.2. The van der Waals surface area contributed by atoms with Gasteiger partial charge in [-0.25, -0.2) is 5.11 Å². The van der Waals surface area contributed by atoms with Gasteiger partial charge in [0.25, 0.3) is 0 Å². The van der Waals surface area contributed by atoms with Gasteiger partial charge in [-0.1, -0.05) is 75.8 Å². The van der Waals surface area contributed by atoms with Crippen molar-refractivity contribution in [3.8, 4) is 0 Å². The van der Waals surface area contributed by atoms with Crippen LogP contribution < -0.4 is 0 Å². The summed E-state index contributed by atoms with van der Waals surface area (Å²) >= 11 is 0. The second-order valence-corrected chi connectivity index (χ2v) is 6.15. The van der Waals surface area contributed by atoms with Crippen molar-refractivity contribution in [3.05, 3.63) is 36.5 Å². The smallest absolute Gasteiger partial charge is 0.0822 e. The van der Waals surface area contributed by atoms with Crippen LogP contribution in [0.4, 0.5) is 0 Å². The minimum Gasteiger partial charge on any atom is -0.237 e. The fourth-order valence-corrected chi connectivity index (χ4v) is 2.83. The van der Waals surface area contributed by atoms with Crippen LogP contribution in [0.2, 0.25) is 0 Å². The van der Waals surface area contributed by atoms with E-state index in [1.807, 2.05) is 6.08 Å². The highest BCUT2D eigenvalue weighted by Crippen LogP contribution is 2.20. The molecular weight excluding hydrogens is 256 g/mol. The monoisotopic (exact) mass is 288 g/mol. The van der Waals surface area contributed by atoms with Crippen molar-refractivity contribution in [1.82, 2.24) is 0 Å². The van der Waals surface area contributed by atoms with Crippen molar-refractivity contribution < 1.29 is 5.11 Å². The Balaban J connectivity index is 2.24. The maximum absolute atomic E-state index is 10.7. The molecule has 1 aliphatic rings. The molecule has 1 rings (SSSR count). The van der Waals surface area contributed by atoms with Gasteiger partial charge in [0.15, 0.2) is 0 Å². The first-order valence-corrected chi connectivity index (χ1v) is 8.87. The van der Waals surface area contributed by atoms with Crippen LogP contribution in [-0.2, 0) is 5.11 Å². The first-order chi connectivity index (χ1) is 10.4. The second-order valence-electron chi connectivity index (χ2n) is 6.15. The van der Waals surface area contributed by atoms with Gasteiger partial charge in [-0.05, 0) is 37.7 Å². The lowest BCUT2D eigenvalue weighted by atomic mass is 9.92. The maximum Gasteiger partial charge on any atom is 0.0822 e. The zero-order valence-corrected chi connectivity index (χ0v) is 13.7. The molecule has 0 aromatic carbocycles. The molecule has 0 bridgehead atoms. The van der Waals surface area contributed by atoms with Crippen LogP contribution in [0.15, 0.2) is 30.4 Å². The maximum atomic E-state index is 10.7. The van der Waals surface area contributed by atoms with E-state index in [0.717, 1.165) is 19.3 Å². The Hall–Kier alpha value is -0.820. The molecule has 0 amide bonds. The van der Waals surface area contributed by atoms with E-state index in [4.69, 9.17) is 0 Å². The van der Waals surface area contributed by atoms with E-state index in [1.54, 1.807) is 0 Å². The summed E-state index contributed by atoms with van der Waals surface area (Å²) in [6.07, 6.45) is 26.6. The Kier molecular flexibility index (Phi) is 11.2. The van der Waals surface area contributed by atoms with Gasteiger partial charge in [-0.2, -0.15) is 0 Å². The topological polar surface area (TPSA) is 19.9 Å². The molecule has 0 aliphatic heterocycles. The third-order valence-electron chi connectivity index (χ3n) is 4.20. The largest absolute Gasteiger partial charge is 0.237 e. The van der Waals surface area contributed by atoms with Crippen molar-refractivity contribution in [2.24, 2.45) is 11.8 Å². The molecule has 21 heavy (non-hydrogen) atoms. The number of rotatable bonds is 12. The van der Waals surface area contributed by atoms with E-state index in [-0.39, 0.29) is 6.61 Å². The van der Waals surface area contributed by atoms with Crippen LogP contribution in [0.5, 0.6) is 0 Å². The molecule has 2 atom stereocenters. The lowest BCUT2D eigenvalue weighted by molar-refractivity contribution is 0.182. The fourth-order valence-electron chi connectivity index (χ4n) is 2.83. The quantitative estimate of drug-likeness (QED) is 0.307. The van der Waals surface area contributed by atoms with Crippen molar-refractivity contribution in [2.45, 2.75) is 71.1 Å². The Bertz CT molecular complexity index is 314. The fraction of sp³-hybridized carbons (Fsp3) is 0.700. The van der Waals surface area contributed by atoms with Gasteiger partial charge < -0.3 is 0 Å². The van der Waals surface area contributed by atoms with Crippen molar-refractivity contribution >= 4 is 0 Å². The summed E-state index contributed by atoms with van der Waals surface area (Å²) in [5.74, 6) is 1.03. The Labute approximate surface area is 131 Å². The minimum absolute atomic E-state index is 0.0685. The molecule has 2 unspecified atom stereocenters. The molecule has 0 fully saturated rings. The van der Waals surface area contributed by atoms with Crippen LogP contribution >= 0.6 is 0 Å². The number of unbranched alkanes of at least 4 members (excludes halogenated alkanes) is 5. The van der Waals surface area contributed by atoms with E-state index in [1.165, 1.54) is 44.9 Å².